The molecule has 98 valence electrons. The number of carbonyl (C=O) groups is 1. The quantitative estimate of drug-likeness (QED) is 0.805. The molecular formula is C13H18N2O3. The molecule has 0 saturated carbocycles. The van der Waals surface area contributed by atoms with E-state index in [1.54, 1.807) is 6.07 Å². The Hall–Kier alpha value is -1.46. The van der Waals surface area contributed by atoms with E-state index in [1.807, 2.05) is 6.07 Å². The van der Waals surface area contributed by atoms with E-state index in [9.17, 15) is 9.90 Å². The number of carbonyl (C=O) groups excluding carboxylic acids is 1. The maximum Gasteiger partial charge on any atom is 0.339 e. The molecule has 1 aliphatic heterocycles. The normalized spacial score (nSPS) is 20.7. The summed E-state index contributed by atoms with van der Waals surface area (Å²) in [6.45, 7) is 2.39. The SMILES string of the molecule is COC(=O)c1ccc(CN2CCC[C@H](O)C2)nc1. The number of aromatic nitrogens is 1. The summed E-state index contributed by atoms with van der Waals surface area (Å²) in [5, 5.41) is 9.58. The zero-order valence-corrected chi connectivity index (χ0v) is 10.5. The van der Waals surface area contributed by atoms with E-state index in [2.05, 4.69) is 14.6 Å². The Bertz CT molecular complexity index is 405. The minimum absolute atomic E-state index is 0.229. The predicted octanol–water partition coefficient (Wildman–Crippen LogP) is 0.825. The van der Waals surface area contributed by atoms with Gasteiger partial charge in [0.2, 0.25) is 0 Å². The Labute approximate surface area is 106 Å². The van der Waals surface area contributed by atoms with Crippen LogP contribution in [0.5, 0.6) is 0 Å². The fourth-order valence-electron chi connectivity index (χ4n) is 2.16. The van der Waals surface area contributed by atoms with Gasteiger partial charge in [0.25, 0.3) is 0 Å². The molecule has 2 heterocycles. The van der Waals surface area contributed by atoms with E-state index < -0.39 is 0 Å². The minimum atomic E-state index is -0.373. The van der Waals surface area contributed by atoms with Gasteiger partial charge >= 0.3 is 5.97 Å². The van der Waals surface area contributed by atoms with Gasteiger partial charge in [-0.1, -0.05) is 0 Å². The molecule has 1 aromatic heterocycles. The Morgan fingerprint density at radius 1 is 1.61 bits per heavy atom. The second-order valence-corrected chi connectivity index (χ2v) is 4.56. The van der Waals surface area contributed by atoms with Gasteiger partial charge in [-0.15, -0.1) is 0 Å². The van der Waals surface area contributed by atoms with E-state index in [1.165, 1.54) is 13.3 Å². The van der Waals surface area contributed by atoms with Crippen LogP contribution in [-0.4, -0.2) is 47.3 Å². The number of methoxy groups -OCH3 is 1. The van der Waals surface area contributed by atoms with E-state index >= 15 is 0 Å². The van der Waals surface area contributed by atoms with Crippen molar-refractivity contribution in [2.45, 2.75) is 25.5 Å². The van der Waals surface area contributed by atoms with Crippen molar-refractivity contribution < 1.29 is 14.6 Å². The van der Waals surface area contributed by atoms with Gasteiger partial charge in [-0.2, -0.15) is 0 Å². The highest BCUT2D eigenvalue weighted by Crippen LogP contribution is 2.13. The summed E-state index contributed by atoms with van der Waals surface area (Å²) in [6.07, 6.45) is 3.20. The number of nitrogens with zero attached hydrogens (tertiary/aromatic N) is 2. The summed E-state index contributed by atoms with van der Waals surface area (Å²) in [4.78, 5) is 17.7. The van der Waals surface area contributed by atoms with Crippen LogP contribution in [0.2, 0.25) is 0 Å². The molecular weight excluding hydrogens is 232 g/mol. The lowest BCUT2D eigenvalue weighted by atomic mass is 10.1. The average molecular weight is 250 g/mol. The third kappa shape index (κ3) is 3.27. The van der Waals surface area contributed by atoms with Crippen molar-refractivity contribution in [2.24, 2.45) is 0 Å². The van der Waals surface area contributed by atoms with Gasteiger partial charge in [0.1, 0.15) is 0 Å². The number of piperidine rings is 1. The smallest absolute Gasteiger partial charge is 0.339 e. The number of hydrogen-bond donors (Lipinski definition) is 1. The van der Waals surface area contributed by atoms with Crippen LogP contribution in [0, 0.1) is 0 Å². The third-order valence-corrected chi connectivity index (χ3v) is 3.11. The van der Waals surface area contributed by atoms with Crippen LogP contribution in [0.1, 0.15) is 28.9 Å². The van der Waals surface area contributed by atoms with Crippen LogP contribution in [0.15, 0.2) is 18.3 Å². The molecule has 0 spiro atoms. The van der Waals surface area contributed by atoms with Gasteiger partial charge < -0.3 is 9.84 Å². The molecule has 0 amide bonds. The van der Waals surface area contributed by atoms with Crippen molar-refractivity contribution >= 4 is 5.97 Å². The Balaban J connectivity index is 1.95. The summed E-state index contributed by atoms with van der Waals surface area (Å²) >= 11 is 0. The number of pyridine rings is 1. The van der Waals surface area contributed by atoms with Crippen LogP contribution in [-0.2, 0) is 11.3 Å². The monoisotopic (exact) mass is 250 g/mol. The molecule has 5 nitrogen and oxygen atoms in total. The highest BCUT2D eigenvalue weighted by atomic mass is 16.5. The van der Waals surface area contributed by atoms with Crippen molar-refractivity contribution in [3.05, 3.63) is 29.6 Å². The Kier molecular flexibility index (Phi) is 4.28. The molecule has 0 aliphatic carbocycles. The molecule has 1 fully saturated rings. The van der Waals surface area contributed by atoms with Gasteiger partial charge in [0.15, 0.2) is 0 Å². The van der Waals surface area contributed by atoms with Gasteiger partial charge in [-0.05, 0) is 31.5 Å². The standard InChI is InChI=1S/C13H18N2O3/c1-18-13(17)10-4-5-11(14-7-10)8-15-6-2-3-12(16)9-15/h4-5,7,12,16H,2-3,6,8-9H2,1H3/t12-/m0/s1. The molecule has 1 N–H and O–H groups in total. The van der Waals surface area contributed by atoms with E-state index in [-0.39, 0.29) is 12.1 Å². The van der Waals surface area contributed by atoms with Crippen LogP contribution < -0.4 is 0 Å². The van der Waals surface area contributed by atoms with Crippen LogP contribution in [0.3, 0.4) is 0 Å². The largest absolute Gasteiger partial charge is 0.465 e. The van der Waals surface area contributed by atoms with Crippen molar-refractivity contribution in [3.63, 3.8) is 0 Å². The Morgan fingerprint density at radius 2 is 2.44 bits per heavy atom. The number of rotatable bonds is 3. The summed E-state index contributed by atoms with van der Waals surface area (Å²) < 4.78 is 4.62. The zero-order valence-electron chi connectivity index (χ0n) is 10.5. The second kappa shape index (κ2) is 5.93. The number of β-amino-alcohol motifs (C(OH)–C–C–N with tert-alkyl or cyclic N) is 1. The molecule has 0 bridgehead atoms. The maximum atomic E-state index is 11.3. The van der Waals surface area contributed by atoms with Gasteiger partial charge in [0.05, 0.1) is 24.5 Å². The summed E-state index contributed by atoms with van der Waals surface area (Å²) in [6, 6.07) is 3.54. The van der Waals surface area contributed by atoms with Gasteiger partial charge in [-0.3, -0.25) is 9.88 Å². The molecule has 0 radical (unpaired) electrons. The first-order valence-electron chi connectivity index (χ1n) is 6.12. The number of ether oxygens (including phenoxy) is 1. The van der Waals surface area contributed by atoms with Crippen molar-refractivity contribution in [1.29, 1.82) is 0 Å². The first kappa shape index (κ1) is 13.0. The molecule has 18 heavy (non-hydrogen) atoms. The Morgan fingerprint density at radius 3 is 3.06 bits per heavy atom. The van der Waals surface area contributed by atoms with Crippen LogP contribution in [0.4, 0.5) is 0 Å². The molecule has 0 unspecified atom stereocenters. The van der Waals surface area contributed by atoms with Gasteiger partial charge in [0, 0.05) is 19.3 Å². The lowest BCUT2D eigenvalue weighted by Gasteiger charge is -2.29. The molecule has 1 atom stereocenters. The number of aliphatic hydroxyl groups excluding tert-OH is 1. The first-order valence-corrected chi connectivity index (χ1v) is 6.12. The number of hydrogen-bond acceptors (Lipinski definition) is 5. The first-order chi connectivity index (χ1) is 8.69. The third-order valence-electron chi connectivity index (χ3n) is 3.11. The molecule has 2 rings (SSSR count). The predicted molar refractivity (Wildman–Crippen MR) is 66.1 cm³/mol. The summed E-state index contributed by atoms with van der Waals surface area (Å²) in [7, 11) is 1.35. The second-order valence-electron chi connectivity index (χ2n) is 4.56. The number of likely N-dealkylation sites (tertiary alicyclic amines) is 1. The average Bonchev–Trinajstić information content (AvgIpc) is 2.39. The molecule has 1 aromatic rings. The highest BCUT2D eigenvalue weighted by molar-refractivity contribution is 5.88. The topological polar surface area (TPSA) is 62.7 Å². The lowest BCUT2D eigenvalue weighted by Crippen LogP contribution is -2.37. The van der Waals surface area contributed by atoms with Gasteiger partial charge in [-0.25, -0.2) is 4.79 Å². The maximum absolute atomic E-state index is 11.3. The van der Waals surface area contributed by atoms with Crippen molar-refractivity contribution in [3.8, 4) is 0 Å². The summed E-state index contributed by atoms with van der Waals surface area (Å²) in [5.74, 6) is -0.373. The zero-order chi connectivity index (χ0) is 13.0. The van der Waals surface area contributed by atoms with E-state index in [0.29, 0.717) is 18.7 Å². The number of esters is 1. The fraction of sp³-hybridized carbons (Fsp3) is 0.538. The molecule has 1 aliphatic rings. The minimum Gasteiger partial charge on any atom is -0.465 e. The molecule has 1 saturated heterocycles. The van der Waals surface area contributed by atoms with Crippen molar-refractivity contribution in [1.82, 2.24) is 9.88 Å². The highest BCUT2D eigenvalue weighted by Gasteiger charge is 2.18. The van der Waals surface area contributed by atoms with Crippen LogP contribution >= 0.6 is 0 Å². The lowest BCUT2D eigenvalue weighted by molar-refractivity contribution is 0.0600. The van der Waals surface area contributed by atoms with Crippen molar-refractivity contribution in [2.75, 3.05) is 20.2 Å². The number of aliphatic hydroxyl groups is 1. The van der Waals surface area contributed by atoms with Crippen LogP contribution in [0.25, 0.3) is 0 Å². The van der Waals surface area contributed by atoms with E-state index in [4.69, 9.17) is 0 Å². The van der Waals surface area contributed by atoms with E-state index in [0.717, 1.165) is 25.1 Å². The molecule has 0 aromatic carbocycles. The fourth-order valence-corrected chi connectivity index (χ4v) is 2.16. The summed E-state index contributed by atoms with van der Waals surface area (Å²) in [5.41, 5.74) is 1.36. The molecule has 5 heteroatoms.